The summed E-state index contributed by atoms with van der Waals surface area (Å²) in [6.45, 7) is 6.22. The minimum absolute atomic E-state index is 0.0386. The highest BCUT2D eigenvalue weighted by Crippen LogP contribution is 2.19. The van der Waals surface area contributed by atoms with Crippen LogP contribution in [0.3, 0.4) is 0 Å². The molecule has 6 nitrogen and oxygen atoms in total. The SMILES string of the molecule is Cc1ccc(C)c(OCCCN(C)Cc2cnc(C(=O)O)cn2)c1. The molecule has 0 bridgehead atoms. The van der Waals surface area contributed by atoms with Crippen LogP contribution in [0, 0.1) is 13.8 Å². The maximum absolute atomic E-state index is 10.7. The van der Waals surface area contributed by atoms with Crippen molar-refractivity contribution in [1.82, 2.24) is 14.9 Å². The second-order valence-electron chi connectivity index (χ2n) is 5.91. The van der Waals surface area contributed by atoms with Crippen LogP contribution in [0.5, 0.6) is 5.75 Å². The number of rotatable bonds is 8. The number of benzene rings is 1. The molecule has 0 saturated carbocycles. The molecule has 2 rings (SSSR count). The average molecular weight is 329 g/mol. The summed E-state index contributed by atoms with van der Waals surface area (Å²) in [5.41, 5.74) is 3.04. The molecule has 0 unspecified atom stereocenters. The minimum atomic E-state index is -1.06. The molecule has 6 heteroatoms. The maximum atomic E-state index is 10.7. The van der Waals surface area contributed by atoms with Crippen molar-refractivity contribution in [3.63, 3.8) is 0 Å². The van der Waals surface area contributed by atoms with Gasteiger partial charge in [0.1, 0.15) is 5.75 Å². The Kier molecular flexibility index (Phi) is 6.26. The predicted octanol–water partition coefficient (Wildman–Crippen LogP) is 2.69. The highest BCUT2D eigenvalue weighted by atomic mass is 16.5. The first-order chi connectivity index (χ1) is 11.5. The van der Waals surface area contributed by atoms with E-state index in [0.29, 0.717) is 13.2 Å². The van der Waals surface area contributed by atoms with Crippen molar-refractivity contribution in [2.45, 2.75) is 26.8 Å². The van der Waals surface area contributed by atoms with E-state index in [0.717, 1.165) is 30.0 Å². The fraction of sp³-hybridized carbons (Fsp3) is 0.389. The van der Waals surface area contributed by atoms with Gasteiger partial charge in [0.05, 0.1) is 24.7 Å². The number of hydrogen-bond donors (Lipinski definition) is 1. The van der Waals surface area contributed by atoms with Crippen LogP contribution >= 0.6 is 0 Å². The molecule has 0 spiro atoms. The maximum Gasteiger partial charge on any atom is 0.356 e. The molecule has 0 aliphatic carbocycles. The van der Waals surface area contributed by atoms with E-state index < -0.39 is 5.97 Å². The summed E-state index contributed by atoms with van der Waals surface area (Å²) < 4.78 is 5.84. The fourth-order valence-electron chi connectivity index (χ4n) is 2.28. The number of aryl methyl sites for hydroxylation is 2. The van der Waals surface area contributed by atoms with Crippen LogP contribution in [0.4, 0.5) is 0 Å². The molecule has 0 saturated heterocycles. The van der Waals surface area contributed by atoms with Gasteiger partial charge < -0.3 is 14.7 Å². The zero-order chi connectivity index (χ0) is 17.5. The molecule has 1 aromatic carbocycles. The number of aromatic carboxylic acids is 1. The lowest BCUT2D eigenvalue weighted by atomic mass is 10.1. The van der Waals surface area contributed by atoms with E-state index in [9.17, 15) is 4.79 Å². The molecular formula is C18H23N3O3. The van der Waals surface area contributed by atoms with Crippen molar-refractivity contribution >= 4 is 5.97 Å². The van der Waals surface area contributed by atoms with Crippen LogP contribution in [0.25, 0.3) is 0 Å². The van der Waals surface area contributed by atoms with Crippen LogP contribution in [-0.4, -0.2) is 46.1 Å². The first kappa shape index (κ1) is 17.9. The van der Waals surface area contributed by atoms with Gasteiger partial charge in [-0.15, -0.1) is 0 Å². The summed E-state index contributed by atoms with van der Waals surface area (Å²) in [5, 5.41) is 8.80. The van der Waals surface area contributed by atoms with E-state index in [-0.39, 0.29) is 5.69 Å². The van der Waals surface area contributed by atoms with Gasteiger partial charge in [-0.25, -0.2) is 9.78 Å². The monoisotopic (exact) mass is 329 g/mol. The van der Waals surface area contributed by atoms with Gasteiger partial charge in [-0.2, -0.15) is 0 Å². The summed E-state index contributed by atoms with van der Waals surface area (Å²) >= 11 is 0. The molecule has 24 heavy (non-hydrogen) atoms. The number of hydrogen-bond acceptors (Lipinski definition) is 5. The lowest BCUT2D eigenvalue weighted by molar-refractivity contribution is 0.0690. The number of carboxylic acid groups (broad SMARTS) is 1. The zero-order valence-corrected chi connectivity index (χ0v) is 14.3. The van der Waals surface area contributed by atoms with E-state index in [1.807, 2.05) is 14.0 Å². The highest BCUT2D eigenvalue weighted by Gasteiger charge is 2.07. The first-order valence-corrected chi connectivity index (χ1v) is 7.88. The van der Waals surface area contributed by atoms with Crippen molar-refractivity contribution < 1.29 is 14.6 Å². The Morgan fingerprint density at radius 2 is 2.04 bits per heavy atom. The lowest BCUT2D eigenvalue weighted by Crippen LogP contribution is -2.21. The largest absolute Gasteiger partial charge is 0.493 e. The van der Waals surface area contributed by atoms with Crippen molar-refractivity contribution in [2.24, 2.45) is 0 Å². The first-order valence-electron chi connectivity index (χ1n) is 7.88. The topological polar surface area (TPSA) is 75.5 Å². The molecule has 1 N–H and O–H groups in total. The summed E-state index contributed by atoms with van der Waals surface area (Å²) in [7, 11) is 1.99. The highest BCUT2D eigenvalue weighted by molar-refractivity contribution is 5.84. The van der Waals surface area contributed by atoms with Gasteiger partial charge in [0.25, 0.3) is 0 Å². The van der Waals surface area contributed by atoms with Crippen molar-refractivity contribution in [1.29, 1.82) is 0 Å². The third kappa shape index (κ3) is 5.31. The second-order valence-corrected chi connectivity index (χ2v) is 5.91. The quantitative estimate of drug-likeness (QED) is 0.751. The molecule has 0 radical (unpaired) electrons. The van der Waals surface area contributed by atoms with Gasteiger partial charge in [0.2, 0.25) is 0 Å². The van der Waals surface area contributed by atoms with Gasteiger partial charge in [0.15, 0.2) is 5.69 Å². The molecular weight excluding hydrogens is 306 g/mol. The normalized spacial score (nSPS) is 10.8. The van der Waals surface area contributed by atoms with Crippen LogP contribution < -0.4 is 4.74 Å². The average Bonchev–Trinajstić information content (AvgIpc) is 2.55. The van der Waals surface area contributed by atoms with Crippen molar-refractivity contribution in [3.05, 3.63) is 53.1 Å². The third-order valence-electron chi connectivity index (χ3n) is 3.64. The van der Waals surface area contributed by atoms with Crippen LogP contribution in [0.1, 0.15) is 33.7 Å². The van der Waals surface area contributed by atoms with Gasteiger partial charge in [-0.3, -0.25) is 4.98 Å². The molecule has 128 valence electrons. The summed E-state index contributed by atoms with van der Waals surface area (Å²) in [4.78, 5) is 20.8. The Balaban J connectivity index is 1.74. The third-order valence-corrected chi connectivity index (χ3v) is 3.64. The molecule has 2 aromatic rings. The summed E-state index contributed by atoms with van der Waals surface area (Å²) in [5.74, 6) is -0.126. The van der Waals surface area contributed by atoms with E-state index in [1.165, 1.54) is 18.0 Å². The Labute approximate surface area is 142 Å². The number of ether oxygens (including phenoxy) is 1. The van der Waals surface area contributed by atoms with Gasteiger partial charge in [-0.1, -0.05) is 12.1 Å². The van der Waals surface area contributed by atoms with Gasteiger partial charge in [0, 0.05) is 13.1 Å². The van der Waals surface area contributed by atoms with Gasteiger partial charge >= 0.3 is 5.97 Å². The summed E-state index contributed by atoms with van der Waals surface area (Å²) in [6, 6.07) is 6.20. The molecule has 0 atom stereocenters. The van der Waals surface area contributed by atoms with Crippen LogP contribution in [0.2, 0.25) is 0 Å². The van der Waals surface area contributed by atoms with Crippen LogP contribution in [-0.2, 0) is 6.54 Å². The predicted molar refractivity (Wildman–Crippen MR) is 91.4 cm³/mol. The Morgan fingerprint density at radius 3 is 2.71 bits per heavy atom. The van der Waals surface area contributed by atoms with E-state index in [1.54, 1.807) is 0 Å². The molecule has 1 aromatic heterocycles. The molecule has 0 amide bonds. The van der Waals surface area contributed by atoms with Crippen molar-refractivity contribution in [2.75, 3.05) is 20.2 Å². The Hall–Kier alpha value is -2.47. The zero-order valence-electron chi connectivity index (χ0n) is 14.3. The number of carbonyl (C=O) groups is 1. The number of aromatic nitrogens is 2. The number of carboxylic acids is 1. The minimum Gasteiger partial charge on any atom is -0.493 e. The van der Waals surface area contributed by atoms with E-state index in [2.05, 4.69) is 40.0 Å². The second kappa shape index (κ2) is 8.40. The summed E-state index contributed by atoms with van der Waals surface area (Å²) in [6.07, 6.45) is 3.69. The lowest BCUT2D eigenvalue weighted by Gasteiger charge is -2.16. The smallest absolute Gasteiger partial charge is 0.356 e. The molecule has 0 aliphatic rings. The van der Waals surface area contributed by atoms with E-state index >= 15 is 0 Å². The van der Waals surface area contributed by atoms with Gasteiger partial charge in [-0.05, 0) is 44.5 Å². The molecule has 0 aliphatic heterocycles. The Bertz CT molecular complexity index is 686. The van der Waals surface area contributed by atoms with Crippen molar-refractivity contribution in [3.8, 4) is 5.75 Å². The van der Waals surface area contributed by atoms with Crippen LogP contribution in [0.15, 0.2) is 30.6 Å². The molecule has 1 heterocycles. The number of nitrogens with zero attached hydrogens (tertiary/aromatic N) is 3. The van der Waals surface area contributed by atoms with E-state index in [4.69, 9.17) is 9.84 Å². The Morgan fingerprint density at radius 1 is 1.25 bits per heavy atom. The molecule has 0 fully saturated rings. The standard InChI is InChI=1S/C18H23N3O3/c1-13-5-6-14(2)17(9-13)24-8-4-7-21(3)12-15-10-20-16(11-19-15)18(22)23/h5-6,9-11H,4,7-8,12H2,1-3H3,(H,22,23). The fourth-order valence-corrected chi connectivity index (χ4v) is 2.28.